The highest BCUT2D eigenvalue weighted by molar-refractivity contribution is 6.62. The largest absolute Gasteiger partial charge is 0.494 e. The zero-order valence-corrected chi connectivity index (χ0v) is 22.4. The summed E-state index contributed by atoms with van der Waals surface area (Å²) in [6.07, 6.45) is 1.87. The second-order valence-corrected chi connectivity index (χ2v) is 10.6. The topological polar surface area (TPSA) is 23.4 Å². The highest BCUT2D eigenvalue weighted by Crippen LogP contribution is 2.37. The predicted octanol–water partition coefficient (Wildman–Crippen LogP) is 7.72. The Kier molecular flexibility index (Phi) is 6.57. The maximum absolute atomic E-state index is 6.29. The monoisotopic (exact) mass is 487 g/mol. The molecule has 0 spiro atoms. The smallest absolute Gasteiger partial charge is 0.399 e. The predicted molar refractivity (Wildman–Crippen MR) is 158 cm³/mol. The van der Waals surface area contributed by atoms with Crippen molar-refractivity contribution < 1.29 is 9.31 Å². The fraction of sp³-hybridized carbons (Fsp3) is 0.212. The summed E-state index contributed by atoms with van der Waals surface area (Å²) in [6, 6.07) is 33.8. The van der Waals surface area contributed by atoms with Gasteiger partial charge in [-0.05, 0) is 75.5 Å². The van der Waals surface area contributed by atoms with Gasteiger partial charge in [0.1, 0.15) is 0 Å². The van der Waals surface area contributed by atoms with Gasteiger partial charge in [0, 0.05) is 16.5 Å². The average Bonchev–Trinajstić information content (AvgIpc) is 3.34. The summed E-state index contributed by atoms with van der Waals surface area (Å²) in [6.45, 7) is 14.1. The second kappa shape index (κ2) is 9.70. The third-order valence-electron chi connectivity index (χ3n) is 7.65. The molecular formula is C33H34BNO2. The van der Waals surface area contributed by atoms with E-state index in [-0.39, 0.29) is 18.3 Å². The molecule has 4 heteroatoms. The van der Waals surface area contributed by atoms with Gasteiger partial charge >= 0.3 is 7.12 Å². The Balaban J connectivity index is 0.000000265. The SMILES string of the molecule is C=Cc1ccccc1C.CC1(C)OB(c2ccc3c4ccccc4n(-c4ccccc4)c3c2)OC1(C)C. The van der Waals surface area contributed by atoms with Crippen molar-refractivity contribution in [1.82, 2.24) is 4.57 Å². The van der Waals surface area contributed by atoms with Crippen molar-refractivity contribution in [3.05, 3.63) is 115 Å². The van der Waals surface area contributed by atoms with Crippen LogP contribution in [0.1, 0.15) is 38.8 Å². The molecule has 5 aromatic rings. The number of hydrogen-bond acceptors (Lipinski definition) is 2. The first-order valence-electron chi connectivity index (χ1n) is 12.8. The van der Waals surface area contributed by atoms with E-state index in [9.17, 15) is 0 Å². The first-order valence-corrected chi connectivity index (χ1v) is 12.8. The highest BCUT2D eigenvalue weighted by Gasteiger charge is 2.51. The number of hydrogen-bond donors (Lipinski definition) is 0. The number of fused-ring (bicyclic) bond motifs is 3. The molecule has 3 nitrogen and oxygen atoms in total. The van der Waals surface area contributed by atoms with Gasteiger partial charge < -0.3 is 13.9 Å². The van der Waals surface area contributed by atoms with Gasteiger partial charge in [-0.25, -0.2) is 0 Å². The lowest BCUT2D eigenvalue weighted by Gasteiger charge is -2.32. The standard InChI is InChI=1S/C24H24BNO2.C9H10/c1-23(2)24(3,4)28-25(27-23)17-14-15-20-19-12-8-9-13-21(19)26(22(20)16-17)18-10-6-5-7-11-18;1-3-9-7-5-4-6-8(9)2/h5-16H,1-4H3;3-7H,1H2,2H3. The van der Waals surface area contributed by atoms with Crippen LogP contribution in [-0.4, -0.2) is 22.9 Å². The van der Waals surface area contributed by atoms with Crippen molar-refractivity contribution in [3.63, 3.8) is 0 Å². The van der Waals surface area contributed by atoms with Gasteiger partial charge in [-0.15, -0.1) is 0 Å². The van der Waals surface area contributed by atoms with Crippen molar-refractivity contribution in [3.8, 4) is 5.69 Å². The number of para-hydroxylation sites is 2. The van der Waals surface area contributed by atoms with Crippen LogP contribution in [0.5, 0.6) is 0 Å². The van der Waals surface area contributed by atoms with E-state index in [1.165, 1.54) is 32.9 Å². The fourth-order valence-corrected chi connectivity index (χ4v) is 4.78. The third kappa shape index (κ3) is 4.63. The normalized spacial score (nSPS) is 16.0. The molecule has 1 aliphatic rings. The summed E-state index contributed by atoms with van der Waals surface area (Å²) in [5, 5.41) is 2.49. The van der Waals surface area contributed by atoms with E-state index in [1.807, 2.05) is 24.3 Å². The Morgan fingerprint density at radius 3 is 1.95 bits per heavy atom. The highest BCUT2D eigenvalue weighted by atomic mass is 16.7. The van der Waals surface area contributed by atoms with Crippen LogP contribution in [0.4, 0.5) is 0 Å². The molecule has 4 aromatic carbocycles. The number of nitrogens with zero attached hydrogens (tertiary/aromatic N) is 1. The molecule has 0 radical (unpaired) electrons. The maximum Gasteiger partial charge on any atom is 0.494 e. The van der Waals surface area contributed by atoms with Crippen LogP contribution in [-0.2, 0) is 9.31 Å². The third-order valence-corrected chi connectivity index (χ3v) is 7.65. The molecule has 0 unspecified atom stereocenters. The Labute approximate surface area is 220 Å². The number of rotatable bonds is 3. The van der Waals surface area contributed by atoms with Crippen LogP contribution in [0.2, 0.25) is 0 Å². The van der Waals surface area contributed by atoms with Crippen LogP contribution < -0.4 is 5.46 Å². The summed E-state index contributed by atoms with van der Waals surface area (Å²) in [4.78, 5) is 0. The molecule has 0 saturated carbocycles. The molecule has 0 bridgehead atoms. The van der Waals surface area contributed by atoms with E-state index in [2.05, 4.69) is 125 Å². The van der Waals surface area contributed by atoms with Gasteiger partial charge in [-0.3, -0.25) is 0 Å². The molecule has 0 aliphatic carbocycles. The minimum absolute atomic E-state index is 0.348. The lowest BCUT2D eigenvalue weighted by Crippen LogP contribution is -2.41. The van der Waals surface area contributed by atoms with E-state index in [4.69, 9.17) is 9.31 Å². The molecular weight excluding hydrogens is 453 g/mol. The number of benzene rings is 4. The summed E-state index contributed by atoms with van der Waals surface area (Å²) in [5.74, 6) is 0. The molecule has 0 atom stereocenters. The molecule has 1 aromatic heterocycles. The van der Waals surface area contributed by atoms with Crippen LogP contribution in [0, 0.1) is 6.92 Å². The second-order valence-electron chi connectivity index (χ2n) is 10.6. The average molecular weight is 487 g/mol. The number of aromatic nitrogens is 1. The zero-order chi connectivity index (χ0) is 26.2. The van der Waals surface area contributed by atoms with E-state index >= 15 is 0 Å². The molecule has 2 heterocycles. The molecule has 1 aliphatic heterocycles. The molecule has 186 valence electrons. The van der Waals surface area contributed by atoms with Gasteiger partial charge in [-0.2, -0.15) is 0 Å². The molecule has 1 saturated heterocycles. The molecule has 0 N–H and O–H groups in total. The lowest BCUT2D eigenvalue weighted by atomic mass is 9.79. The number of aryl methyl sites for hydroxylation is 1. The quantitative estimate of drug-likeness (QED) is 0.243. The molecule has 37 heavy (non-hydrogen) atoms. The van der Waals surface area contributed by atoms with E-state index in [0.717, 1.165) is 11.2 Å². The van der Waals surface area contributed by atoms with E-state index < -0.39 is 0 Å². The maximum atomic E-state index is 6.29. The van der Waals surface area contributed by atoms with Crippen LogP contribution in [0.15, 0.2) is 104 Å². The van der Waals surface area contributed by atoms with Gasteiger partial charge in [0.2, 0.25) is 0 Å². The van der Waals surface area contributed by atoms with Crippen molar-refractivity contribution in [2.45, 2.75) is 45.8 Å². The van der Waals surface area contributed by atoms with Crippen LogP contribution >= 0.6 is 0 Å². The Hall–Kier alpha value is -3.60. The lowest BCUT2D eigenvalue weighted by molar-refractivity contribution is 0.00578. The Morgan fingerprint density at radius 2 is 1.30 bits per heavy atom. The first kappa shape index (κ1) is 25.1. The zero-order valence-electron chi connectivity index (χ0n) is 22.4. The summed E-state index contributed by atoms with van der Waals surface area (Å²) in [5.41, 5.74) is 6.38. The van der Waals surface area contributed by atoms with Crippen molar-refractivity contribution in [1.29, 1.82) is 0 Å². The van der Waals surface area contributed by atoms with Gasteiger partial charge in [0.15, 0.2) is 0 Å². The minimum atomic E-state index is -0.364. The molecule has 6 rings (SSSR count). The summed E-state index contributed by atoms with van der Waals surface area (Å²) < 4.78 is 14.9. The Bertz CT molecular complexity index is 1550. The Morgan fingerprint density at radius 1 is 0.703 bits per heavy atom. The summed E-state index contributed by atoms with van der Waals surface area (Å²) in [7, 11) is -0.364. The van der Waals surface area contributed by atoms with Gasteiger partial charge in [0.25, 0.3) is 0 Å². The van der Waals surface area contributed by atoms with Crippen molar-refractivity contribution >= 4 is 40.5 Å². The van der Waals surface area contributed by atoms with Gasteiger partial charge in [0.05, 0.1) is 22.2 Å². The van der Waals surface area contributed by atoms with E-state index in [1.54, 1.807) is 0 Å². The molecule has 1 fully saturated rings. The molecule has 0 amide bonds. The van der Waals surface area contributed by atoms with Crippen molar-refractivity contribution in [2.75, 3.05) is 0 Å². The fourth-order valence-electron chi connectivity index (χ4n) is 4.78. The van der Waals surface area contributed by atoms with Crippen LogP contribution in [0.25, 0.3) is 33.6 Å². The minimum Gasteiger partial charge on any atom is -0.399 e. The van der Waals surface area contributed by atoms with Crippen LogP contribution in [0.3, 0.4) is 0 Å². The van der Waals surface area contributed by atoms with Gasteiger partial charge in [-0.1, -0.05) is 85.5 Å². The first-order chi connectivity index (χ1) is 17.7. The summed E-state index contributed by atoms with van der Waals surface area (Å²) >= 11 is 0. The van der Waals surface area contributed by atoms with Crippen molar-refractivity contribution in [2.24, 2.45) is 0 Å². The van der Waals surface area contributed by atoms with E-state index in [0.29, 0.717) is 0 Å².